The molecule has 0 aromatic heterocycles. The Balaban J connectivity index is 1.77. The quantitative estimate of drug-likeness (QED) is 0.744. The number of carbonyl (C=O) groups is 1. The fourth-order valence-electron chi connectivity index (χ4n) is 2.75. The molecule has 6 nitrogen and oxygen atoms in total. The Morgan fingerprint density at radius 1 is 1.26 bits per heavy atom. The summed E-state index contributed by atoms with van der Waals surface area (Å²) in [6.45, 7) is 3.16. The van der Waals surface area contributed by atoms with Gasteiger partial charge in [-0.3, -0.25) is 0 Å². The third kappa shape index (κ3) is 5.21. The van der Waals surface area contributed by atoms with E-state index in [1.165, 1.54) is 0 Å². The fourth-order valence-corrected chi connectivity index (χ4v) is 3.41. The highest BCUT2D eigenvalue weighted by atomic mass is 32.2. The Morgan fingerprint density at radius 2 is 2.00 bits per heavy atom. The molecule has 1 aliphatic heterocycles. The smallest absolute Gasteiger partial charge is 0.317 e. The van der Waals surface area contributed by atoms with E-state index in [1.54, 1.807) is 6.92 Å². The molecule has 0 spiro atoms. The minimum absolute atomic E-state index is 0.0744. The van der Waals surface area contributed by atoms with Crippen LogP contribution in [0.2, 0.25) is 0 Å². The van der Waals surface area contributed by atoms with Crippen LogP contribution in [0.25, 0.3) is 0 Å². The summed E-state index contributed by atoms with van der Waals surface area (Å²) in [5, 5.41) is 2.88. The highest BCUT2D eigenvalue weighted by Crippen LogP contribution is 2.31. The van der Waals surface area contributed by atoms with Crippen molar-refractivity contribution in [3.8, 4) is 0 Å². The van der Waals surface area contributed by atoms with Crippen LogP contribution in [0.3, 0.4) is 0 Å². The number of hydrogen-bond acceptors (Lipinski definition) is 3. The van der Waals surface area contributed by atoms with Gasteiger partial charge in [0.1, 0.15) is 0 Å². The van der Waals surface area contributed by atoms with E-state index in [4.69, 9.17) is 0 Å². The molecule has 0 unspecified atom stereocenters. The van der Waals surface area contributed by atoms with Crippen molar-refractivity contribution in [2.24, 2.45) is 0 Å². The molecule has 0 radical (unpaired) electrons. The first-order valence-corrected chi connectivity index (χ1v) is 9.75. The van der Waals surface area contributed by atoms with Crippen LogP contribution in [0, 0.1) is 0 Å². The SMILES string of the molecule is CCS(=O)(=O)NCCCNC(=O)N1CCC[C@H]1c1ccccc1. The van der Waals surface area contributed by atoms with Crippen molar-refractivity contribution in [2.75, 3.05) is 25.4 Å². The Labute approximate surface area is 138 Å². The first kappa shape index (κ1) is 17.7. The maximum absolute atomic E-state index is 12.3. The van der Waals surface area contributed by atoms with Gasteiger partial charge in [-0.15, -0.1) is 0 Å². The predicted molar refractivity (Wildman–Crippen MR) is 90.6 cm³/mol. The third-order valence-electron chi connectivity index (χ3n) is 4.03. The maximum atomic E-state index is 12.3. The van der Waals surface area contributed by atoms with Crippen molar-refractivity contribution < 1.29 is 13.2 Å². The fraction of sp³-hybridized carbons (Fsp3) is 0.562. The lowest BCUT2D eigenvalue weighted by atomic mass is 10.1. The van der Waals surface area contributed by atoms with Gasteiger partial charge in [0.25, 0.3) is 0 Å². The van der Waals surface area contributed by atoms with Gasteiger partial charge in [-0.25, -0.2) is 17.9 Å². The van der Waals surface area contributed by atoms with Crippen LogP contribution in [0.1, 0.15) is 37.8 Å². The number of amides is 2. The Kier molecular flexibility index (Phi) is 6.41. The number of likely N-dealkylation sites (tertiary alicyclic amines) is 1. The second kappa shape index (κ2) is 8.31. The van der Waals surface area contributed by atoms with Crippen molar-refractivity contribution in [1.29, 1.82) is 0 Å². The average Bonchev–Trinajstić information content (AvgIpc) is 3.05. The Hall–Kier alpha value is -1.60. The van der Waals surface area contributed by atoms with Crippen molar-refractivity contribution in [1.82, 2.24) is 14.9 Å². The molecular weight excluding hydrogens is 314 g/mol. The third-order valence-corrected chi connectivity index (χ3v) is 5.43. The van der Waals surface area contributed by atoms with Gasteiger partial charge in [0.2, 0.25) is 10.0 Å². The molecule has 1 heterocycles. The zero-order chi connectivity index (χ0) is 16.7. The molecule has 1 atom stereocenters. The monoisotopic (exact) mass is 339 g/mol. The van der Waals surface area contributed by atoms with E-state index >= 15 is 0 Å². The van der Waals surface area contributed by atoms with Crippen LogP contribution >= 0.6 is 0 Å². The van der Waals surface area contributed by atoms with Crippen LogP contribution in [0.4, 0.5) is 4.79 Å². The van der Waals surface area contributed by atoms with Gasteiger partial charge in [0.15, 0.2) is 0 Å². The Bertz CT molecular complexity index is 604. The number of sulfonamides is 1. The van der Waals surface area contributed by atoms with Crippen molar-refractivity contribution in [3.63, 3.8) is 0 Å². The molecule has 1 fully saturated rings. The van der Waals surface area contributed by atoms with E-state index in [9.17, 15) is 13.2 Å². The molecule has 2 rings (SSSR count). The molecule has 0 bridgehead atoms. The number of nitrogens with one attached hydrogen (secondary N) is 2. The molecule has 128 valence electrons. The standard InChI is InChI=1S/C16H25N3O3S/c1-2-23(21,22)18-12-7-11-17-16(20)19-13-6-10-15(19)14-8-4-3-5-9-14/h3-5,8-9,15,18H,2,6-7,10-13H2,1H3,(H,17,20)/t15-/m0/s1. The second-order valence-electron chi connectivity index (χ2n) is 5.65. The summed E-state index contributed by atoms with van der Waals surface area (Å²) in [6, 6.07) is 10.1. The number of rotatable bonds is 7. The van der Waals surface area contributed by atoms with Gasteiger partial charge in [-0.1, -0.05) is 30.3 Å². The van der Waals surface area contributed by atoms with Crippen molar-refractivity contribution in [2.45, 2.75) is 32.2 Å². The van der Waals surface area contributed by atoms with Crippen molar-refractivity contribution in [3.05, 3.63) is 35.9 Å². The lowest BCUT2D eigenvalue weighted by Crippen LogP contribution is -2.40. The van der Waals surface area contributed by atoms with E-state index in [2.05, 4.69) is 22.2 Å². The average molecular weight is 339 g/mol. The topological polar surface area (TPSA) is 78.5 Å². The van der Waals surface area contributed by atoms with Gasteiger partial charge in [-0.2, -0.15) is 0 Å². The molecule has 0 saturated carbocycles. The van der Waals surface area contributed by atoms with Crippen molar-refractivity contribution >= 4 is 16.1 Å². The summed E-state index contributed by atoms with van der Waals surface area (Å²) in [5.74, 6) is 0.0753. The van der Waals surface area contributed by atoms with E-state index in [0.29, 0.717) is 19.5 Å². The highest BCUT2D eigenvalue weighted by Gasteiger charge is 2.29. The number of benzene rings is 1. The second-order valence-corrected chi connectivity index (χ2v) is 7.74. The highest BCUT2D eigenvalue weighted by molar-refractivity contribution is 7.89. The van der Waals surface area contributed by atoms with E-state index in [-0.39, 0.29) is 17.8 Å². The first-order valence-electron chi connectivity index (χ1n) is 8.10. The Morgan fingerprint density at radius 3 is 2.70 bits per heavy atom. The van der Waals surface area contributed by atoms with Crippen LogP contribution in [-0.4, -0.2) is 44.7 Å². The summed E-state index contributed by atoms with van der Waals surface area (Å²) in [7, 11) is -3.15. The molecule has 7 heteroatoms. The summed E-state index contributed by atoms with van der Waals surface area (Å²) in [5.41, 5.74) is 1.16. The molecular formula is C16H25N3O3S. The van der Waals surface area contributed by atoms with Crippen LogP contribution in [0.15, 0.2) is 30.3 Å². The molecule has 1 saturated heterocycles. The summed E-state index contributed by atoms with van der Waals surface area (Å²) in [4.78, 5) is 14.2. The lowest BCUT2D eigenvalue weighted by Gasteiger charge is -2.25. The summed E-state index contributed by atoms with van der Waals surface area (Å²) >= 11 is 0. The maximum Gasteiger partial charge on any atom is 0.317 e. The largest absolute Gasteiger partial charge is 0.338 e. The lowest BCUT2D eigenvalue weighted by molar-refractivity contribution is 0.193. The molecule has 1 aromatic carbocycles. The number of nitrogens with zero attached hydrogens (tertiary/aromatic N) is 1. The van der Waals surface area contributed by atoms with Gasteiger partial charge in [-0.05, 0) is 31.7 Å². The molecule has 23 heavy (non-hydrogen) atoms. The zero-order valence-corrected chi connectivity index (χ0v) is 14.3. The minimum atomic E-state index is -3.15. The molecule has 2 N–H and O–H groups in total. The number of carbonyl (C=O) groups excluding carboxylic acids is 1. The van der Waals surface area contributed by atoms with Gasteiger partial charge < -0.3 is 10.2 Å². The normalized spacial score (nSPS) is 18.1. The first-order chi connectivity index (χ1) is 11.0. The number of hydrogen-bond donors (Lipinski definition) is 2. The zero-order valence-electron chi connectivity index (χ0n) is 13.5. The van der Waals surface area contributed by atoms with Crippen LogP contribution in [-0.2, 0) is 10.0 Å². The van der Waals surface area contributed by atoms with E-state index in [0.717, 1.165) is 24.9 Å². The number of urea groups is 1. The van der Waals surface area contributed by atoms with Crippen LogP contribution in [0.5, 0.6) is 0 Å². The van der Waals surface area contributed by atoms with Gasteiger partial charge in [0, 0.05) is 19.6 Å². The predicted octanol–water partition coefficient (Wildman–Crippen LogP) is 1.86. The molecule has 0 aliphatic carbocycles. The molecule has 1 aromatic rings. The summed E-state index contributed by atoms with van der Waals surface area (Å²) in [6.07, 6.45) is 2.56. The molecule has 2 amide bonds. The van der Waals surface area contributed by atoms with Crippen LogP contribution < -0.4 is 10.0 Å². The summed E-state index contributed by atoms with van der Waals surface area (Å²) < 4.78 is 25.1. The van der Waals surface area contributed by atoms with E-state index in [1.807, 2.05) is 23.1 Å². The minimum Gasteiger partial charge on any atom is -0.338 e. The molecule has 1 aliphatic rings. The van der Waals surface area contributed by atoms with Gasteiger partial charge in [0.05, 0.1) is 11.8 Å². The van der Waals surface area contributed by atoms with Gasteiger partial charge >= 0.3 is 6.03 Å². The van der Waals surface area contributed by atoms with E-state index < -0.39 is 10.0 Å².